The second-order valence-electron chi connectivity index (χ2n) is 2.81. The highest BCUT2D eigenvalue weighted by Crippen LogP contribution is 2.08. The summed E-state index contributed by atoms with van der Waals surface area (Å²) in [5, 5.41) is 0. The normalized spacial score (nSPS) is 21.8. The van der Waals surface area contributed by atoms with Crippen molar-refractivity contribution in [2.45, 2.75) is 13.0 Å². The van der Waals surface area contributed by atoms with Crippen LogP contribution in [0.5, 0.6) is 0 Å². The largest absolute Gasteiger partial charge is 0.474 e. The van der Waals surface area contributed by atoms with Gasteiger partial charge in [0.15, 0.2) is 0 Å². The molecule has 0 aliphatic carbocycles. The number of aliphatic imine (C=N–C) groups is 1. The number of aromatic nitrogens is 1. The Bertz CT molecular complexity index is 295. The average Bonchev–Trinajstić information content (AvgIpc) is 2.54. The van der Waals surface area contributed by atoms with Gasteiger partial charge in [0.05, 0.1) is 6.04 Å². The molecular weight excluding hydrogens is 152 g/mol. The van der Waals surface area contributed by atoms with Gasteiger partial charge in [-0.1, -0.05) is 6.07 Å². The minimum absolute atomic E-state index is 0.266. The molecule has 0 bridgehead atoms. The molecule has 0 amide bonds. The Morgan fingerprint density at radius 3 is 3.00 bits per heavy atom. The van der Waals surface area contributed by atoms with Crippen LogP contribution in [0.3, 0.4) is 0 Å². The third-order valence-corrected chi connectivity index (χ3v) is 1.68. The second kappa shape index (κ2) is 2.93. The SMILES string of the molecule is C[C@H]1COC(c2ccccn2)=N1. The molecule has 62 valence electrons. The molecule has 0 aromatic carbocycles. The summed E-state index contributed by atoms with van der Waals surface area (Å²) in [6, 6.07) is 5.97. The highest BCUT2D eigenvalue weighted by atomic mass is 16.5. The van der Waals surface area contributed by atoms with Crippen molar-refractivity contribution in [3.05, 3.63) is 30.1 Å². The summed E-state index contributed by atoms with van der Waals surface area (Å²) in [5.41, 5.74) is 0.821. The maximum absolute atomic E-state index is 5.34. The molecule has 0 radical (unpaired) electrons. The van der Waals surface area contributed by atoms with E-state index < -0.39 is 0 Å². The van der Waals surface area contributed by atoms with E-state index in [4.69, 9.17) is 4.74 Å². The highest BCUT2D eigenvalue weighted by Gasteiger charge is 2.16. The lowest BCUT2D eigenvalue weighted by Gasteiger charge is -1.97. The first kappa shape index (κ1) is 7.28. The first-order chi connectivity index (χ1) is 5.86. The van der Waals surface area contributed by atoms with Crippen molar-refractivity contribution in [3.8, 4) is 0 Å². The number of hydrogen-bond donors (Lipinski definition) is 0. The summed E-state index contributed by atoms with van der Waals surface area (Å²) >= 11 is 0. The third-order valence-electron chi connectivity index (χ3n) is 1.68. The van der Waals surface area contributed by atoms with Crippen LogP contribution in [0.25, 0.3) is 0 Å². The molecular formula is C9H10N2O. The summed E-state index contributed by atoms with van der Waals surface area (Å²) in [6.07, 6.45) is 1.74. The van der Waals surface area contributed by atoms with Crippen LogP contribution in [0, 0.1) is 0 Å². The monoisotopic (exact) mass is 162 g/mol. The van der Waals surface area contributed by atoms with Crippen LogP contribution < -0.4 is 0 Å². The van der Waals surface area contributed by atoms with E-state index in [1.54, 1.807) is 6.20 Å². The molecule has 1 aliphatic heterocycles. The molecule has 1 aromatic heterocycles. The van der Waals surface area contributed by atoms with E-state index in [-0.39, 0.29) is 6.04 Å². The lowest BCUT2D eigenvalue weighted by Crippen LogP contribution is -2.03. The highest BCUT2D eigenvalue weighted by molar-refractivity contribution is 5.93. The van der Waals surface area contributed by atoms with E-state index in [0.717, 1.165) is 5.69 Å². The fourth-order valence-electron chi connectivity index (χ4n) is 1.10. The predicted octanol–water partition coefficient (Wildman–Crippen LogP) is 1.25. The molecule has 1 aromatic rings. The van der Waals surface area contributed by atoms with Crippen LogP contribution in [0.2, 0.25) is 0 Å². The molecule has 1 aliphatic rings. The smallest absolute Gasteiger partial charge is 0.235 e. The Kier molecular flexibility index (Phi) is 1.78. The number of hydrogen-bond acceptors (Lipinski definition) is 3. The maximum Gasteiger partial charge on any atom is 0.235 e. The van der Waals surface area contributed by atoms with Crippen molar-refractivity contribution in [2.24, 2.45) is 4.99 Å². The number of pyridine rings is 1. The maximum atomic E-state index is 5.34. The van der Waals surface area contributed by atoms with Gasteiger partial charge in [-0.15, -0.1) is 0 Å². The van der Waals surface area contributed by atoms with Crippen LogP contribution in [0.15, 0.2) is 29.4 Å². The van der Waals surface area contributed by atoms with Gasteiger partial charge in [0.1, 0.15) is 12.3 Å². The number of nitrogens with zero attached hydrogens (tertiary/aromatic N) is 2. The van der Waals surface area contributed by atoms with E-state index in [1.165, 1.54) is 0 Å². The summed E-state index contributed by atoms with van der Waals surface area (Å²) in [5.74, 6) is 0.670. The van der Waals surface area contributed by atoms with Gasteiger partial charge in [0, 0.05) is 6.20 Å². The Balaban J connectivity index is 2.27. The van der Waals surface area contributed by atoms with Crippen LogP contribution in [0.1, 0.15) is 12.6 Å². The Hall–Kier alpha value is -1.38. The van der Waals surface area contributed by atoms with Crippen LogP contribution >= 0.6 is 0 Å². The molecule has 3 heteroatoms. The van der Waals surface area contributed by atoms with Crippen molar-refractivity contribution < 1.29 is 4.74 Å². The Labute approximate surface area is 71.1 Å². The predicted molar refractivity (Wildman–Crippen MR) is 46.2 cm³/mol. The van der Waals surface area contributed by atoms with Crippen molar-refractivity contribution in [1.29, 1.82) is 0 Å². The molecule has 0 spiro atoms. The molecule has 3 nitrogen and oxygen atoms in total. The van der Waals surface area contributed by atoms with Gasteiger partial charge in [-0.3, -0.25) is 4.98 Å². The summed E-state index contributed by atoms with van der Waals surface area (Å²) in [4.78, 5) is 8.43. The number of ether oxygens (including phenoxy) is 1. The van der Waals surface area contributed by atoms with Gasteiger partial charge < -0.3 is 4.74 Å². The summed E-state index contributed by atoms with van der Waals surface area (Å²) < 4.78 is 5.34. The van der Waals surface area contributed by atoms with E-state index in [2.05, 4.69) is 9.98 Å². The molecule has 2 rings (SSSR count). The van der Waals surface area contributed by atoms with Crippen molar-refractivity contribution in [2.75, 3.05) is 6.61 Å². The van der Waals surface area contributed by atoms with E-state index in [9.17, 15) is 0 Å². The molecule has 2 heterocycles. The standard InChI is InChI=1S/C9H10N2O/c1-7-6-12-9(11-7)8-4-2-3-5-10-8/h2-5,7H,6H2,1H3/t7-/m0/s1. The summed E-state index contributed by atoms with van der Waals surface area (Å²) in [6.45, 7) is 2.70. The van der Waals surface area contributed by atoms with Gasteiger partial charge in [-0.05, 0) is 19.1 Å². The van der Waals surface area contributed by atoms with E-state index in [0.29, 0.717) is 12.5 Å². The first-order valence-electron chi connectivity index (χ1n) is 3.98. The van der Waals surface area contributed by atoms with Crippen LogP contribution in [-0.4, -0.2) is 23.5 Å². The van der Waals surface area contributed by atoms with Gasteiger partial charge in [0.25, 0.3) is 0 Å². The lowest BCUT2D eigenvalue weighted by molar-refractivity contribution is 0.323. The number of rotatable bonds is 1. The van der Waals surface area contributed by atoms with Gasteiger partial charge >= 0.3 is 0 Å². The van der Waals surface area contributed by atoms with Crippen molar-refractivity contribution >= 4 is 5.90 Å². The zero-order valence-corrected chi connectivity index (χ0v) is 6.90. The van der Waals surface area contributed by atoms with Gasteiger partial charge in [0.2, 0.25) is 5.90 Å². The first-order valence-corrected chi connectivity index (χ1v) is 3.98. The molecule has 0 saturated carbocycles. The zero-order valence-electron chi connectivity index (χ0n) is 6.90. The zero-order chi connectivity index (χ0) is 8.39. The molecule has 0 saturated heterocycles. The fourth-order valence-corrected chi connectivity index (χ4v) is 1.10. The molecule has 0 N–H and O–H groups in total. The van der Waals surface area contributed by atoms with Crippen molar-refractivity contribution in [1.82, 2.24) is 4.98 Å². The van der Waals surface area contributed by atoms with E-state index in [1.807, 2.05) is 25.1 Å². The van der Waals surface area contributed by atoms with Crippen LogP contribution in [0.4, 0.5) is 0 Å². The van der Waals surface area contributed by atoms with Crippen molar-refractivity contribution in [3.63, 3.8) is 0 Å². The topological polar surface area (TPSA) is 34.5 Å². The second-order valence-corrected chi connectivity index (χ2v) is 2.81. The van der Waals surface area contributed by atoms with Gasteiger partial charge in [-0.25, -0.2) is 4.99 Å². The van der Waals surface area contributed by atoms with Crippen LogP contribution in [-0.2, 0) is 4.74 Å². The minimum atomic E-state index is 0.266. The van der Waals surface area contributed by atoms with E-state index >= 15 is 0 Å². The minimum Gasteiger partial charge on any atom is -0.474 e. The average molecular weight is 162 g/mol. The fraction of sp³-hybridized carbons (Fsp3) is 0.333. The quantitative estimate of drug-likeness (QED) is 0.622. The third kappa shape index (κ3) is 1.30. The molecule has 12 heavy (non-hydrogen) atoms. The van der Waals surface area contributed by atoms with Gasteiger partial charge in [-0.2, -0.15) is 0 Å². The molecule has 0 fully saturated rings. The Morgan fingerprint density at radius 2 is 2.42 bits per heavy atom. The molecule has 1 atom stereocenters. The summed E-state index contributed by atoms with van der Waals surface area (Å²) in [7, 11) is 0. The Morgan fingerprint density at radius 1 is 1.50 bits per heavy atom. The molecule has 0 unspecified atom stereocenters. The lowest BCUT2D eigenvalue weighted by atomic mass is 10.3.